The van der Waals surface area contributed by atoms with Crippen LogP contribution in [0, 0.1) is 5.92 Å². The number of hydrogen-bond acceptors (Lipinski definition) is 2. The van der Waals surface area contributed by atoms with Crippen molar-refractivity contribution in [2.75, 3.05) is 13.2 Å². The van der Waals surface area contributed by atoms with E-state index in [1.54, 1.807) is 0 Å². The number of carbonyl (C=O) groups excluding carboxylic acids is 1. The second kappa shape index (κ2) is 13.8. The van der Waals surface area contributed by atoms with Gasteiger partial charge in [0.25, 0.3) is 0 Å². The van der Waals surface area contributed by atoms with Crippen LogP contribution in [0.5, 0.6) is 0 Å². The molecule has 1 saturated heterocycles. The number of nitrogens with one attached hydrogen (secondary N) is 1. The highest BCUT2D eigenvalue weighted by Gasteiger charge is 2.21. The van der Waals surface area contributed by atoms with E-state index in [9.17, 15) is 4.79 Å². The van der Waals surface area contributed by atoms with Gasteiger partial charge in [-0.3, -0.25) is 4.79 Å². The van der Waals surface area contributed by atoms with Crippen LogP contribution in [0.3, 0.4) is 0 Å². The summed E-state index contributed by atoms with van der Waals surface area (Å²) in [6, 6.07) is 0. The fourth-order valence-corrected chi connectivity index (χ4v) is 3.38. The van der Waals surface area contributed by atoms with Crippen molar-refractivity contribution in [2.45, 2.75) is 103 Å². The van der Waals surface area contributed by atoms with Crippen LogP contribution in [-0.4, -0.2) is 25.2 Å². The van der Waals surface area contributed by atoms with Crippen LogP contribution in [-0.2, 0) is 9.53 Å². The van der Waals surface area contributed by atoms with E-state index < -0.39 is 0 Å². The summed E-state index contributed by atoms with van der Waals surface area (Å²) in [5, 5.41) is 3.15. The monoisotopic (exact) mass is 325 g/mol. The lowest BCUT2D eigenvalue weighted by Gasteiger charge is -2.18. The van der Waals surface area contributed by atoms with E-state index in [0.717, 1.165) is 32.3 Å². The Morgan fingerprint density at radius 2 is 1.61 bits per heavy atom. The molecule has 23 heavy (non-hydrogen) atoms. The molecular weight excluding hydrogens is 286 g/mol. The molecule has 1 N–H and O–H groups in total. The topological polar surface area (TPSA) is 38.3 Å². The van der Waals surface area contributed by atoms with Crippen LogP contribution in [0.2, 0.25) is 0 Å². The van der Waals surface area contributed by atoms with E-state index in [1.807, 2.05) is 0 Å². The molecule has 1 rings (SSSR count). The molecule has 3 nitrogen and oxygen atoms in total. The van der Waals surface area contributed by atoms with Gasteiger partial charge in [-0.25, -0.2) is 0 Å². The fourth-order valence-electron chi connectivity index (χ4n) is 3.38. The largest absolute Gasteiger partial charge is 0.376 e. The quantitative estimate of drug-likeness (QED) is 0.444. The molecule has 2 atom stereocenters. The average Bonchev–Trinajstić information content (AvgIpc) is 3.08. The minimum Gasteiger partial charge on any atom is -0.376 e. The van der Waals surface area contributed by atoms with Gasteiger partial charge in [-0.05, 0) is 25.7 Å². The lowest BCUT2D eigenvalue weighted by molar-refractivity contribution is -0.126. The van der Waals surface area contributed by atoms with E-state index in [-0.39, 0.29) is 17.9 Å². The van der Waals surface area contributed by atoms with Gasteiger partial charge in [0.05, 0.1) is 6.10 Å². The zero-order chi connectivity index (χ0) is 16.8. The molecule has 1 heterocycles. The maximum absolute atomic E-state index is 12.5. The highest BCUT2D eigenvalue weighted by Crippen LogP contribution is 2.19. The molecular formula is C20H39NO2. The highest BCUT2D eigenvalue weighted by atomic mass is 16.5. The summed E-state index contributed by atoms with van der Waals surface area (Å²) in [7, 11) is 0. The number of amides is 1. The summed E-state index contributed by atoms with van der Waals surface area (Å²) in [5.41, 5.74) is 0. The lowest BCUT2D eigenvalue weighted by Crippen LogP contribution is -2.36. The molecule has 0 bridgehead atoms. The molecule has 0 saturated carbocycles. The summed E-state index contributed by atoms with van der Waals surface area (Å²) >= 11 is 0. The zero-order valence-electron chi connectivity index (χ0n) is 15.6. The molecule has 0 aromatic rings. The van der Waals surface area contributed by atoms with Crippen LogP contribution < -0.4 is 5.32 Å². The number of carbonyl (C=O) groups is 1. The van der Waals surface area contributed by atoms with Gasteiger partial charge in [0, 0.05) is 19.1 Å². The maximum Gasteiger partial charge on any atom is 0.223 e. The molecule has 1 aliphatic heterocycles. The Hall–Kier alpha value is -0.570. The van der Waals surface area contributed by atoms with Gasteiger partial charge < -0.3 is 10.1 Å². The van der Waals surface area contributed by atoms with E-state index in [4.69, 9.17) is 4.74 Å². The van der Waals surface area contributed by atoms with Gasteiger partial charge in [-0.1, -0.05) is 71.6 Å². The minimum atomic E-state index is 0.217. The van der Waals surface area contributed by atoms with Crippen molar-refractivity contribution in [3.05, 3.63) is 0 Å². The van der Waals surface area contributed by atoms with Gasteiger partial charge in [-0.15, -0.1) is 0 Å². The first-order valence-electron chi connectivity index (χ1n) is 10.2. The number of unbranched alkanes of at least 4 members (excludes halogenated alkanes) is 7. The van der Waals surface area contributed by atoms with E-state index in [1.165, 1.54) is 57.8 Å². The van der Waals surface area contributed by atoms with Crippen molar-refractivity contribution in [3.8, 4) is 0 Å². The Morgan fingerprint density at radius 3 is 2.17 bits per heavy atom. The predicted molar refractivity (Wildman–Crippen MR) is 97.6 cm³/mol. The molecule has 0 aromatic heterocycles. The van der Waals surface area contributed by atoms with Gasteiger partial charge in [0.1, 0.15) is 0 Å². The molecule has 0 spiro atoms. The van der Waals surface area contributed by atoms with E-state index in [2.05, 4.69) is 19.2 Å². The molecule has 2 unspecified atom stereocenters. The van der Waals surface area contributed by atoms with Crippen molar-refractivity contribution >= 4 is 5.91 Å². The van der Waals surface area contributed by atoms with Gasteiger partial charge >= 0.3 is 0 Å². The Balaban J connectivity index is 2.26. The average molecular weight is 326 g/mol. The fraction of sp³-hybridized carbons (Fsp3) is 0.950. The van der Waals surface area contributed by atoms with Crippen molar-refractivity contribution in [2.24, 2.45) is 5.92 Å². The maximum atomic E-state index is 12.5. The third-order valence-corrected chi connectivity index (χ3v) is 4.96. The second-order valence-electron chi connectivity index (χ2n) is 7.13. The van der Waals surface area contributed by atoms with Gasteiger partial charge in [0.2, 0.25) is 5.91 Å². The van der Waals surface area contributed by atoms with E-state index >= 15 is 0 Å². The normalized spacial score (nSPS) is 19.0. The Kier molecular flexibility index (Phi) is 12.3. The highest BCUT2D eigenvalue weighted by molar-refractivity contribution is 5.78. The number of ether oxygens (including phenoxy) is 1. The van der Waals surface area contributed by atoms with Crippen molar-refractivity contribution in [1.29, 1.82) is 0 Å². The molecule has 1 fully saturated rings. The predicted octanol–water partition coefficient (Wildman–Crippen LogP) is 5.23. The molecule has 0 aliphatic carbocycles. The number of rotatable bonds is 14. The third kappa shape index (κ3) is 10.0. The van der Waals surface area contributed by atoms with Gasteiger partial charge in [-0.2, -0.15) is 0 Å². The first-order valence-corrected chi connectivity index (χ1v) is 10.2. The molecule has 0 aromatic carbocycles. The lowest BCUT2D eigenvalue weighted by atomic mass is 9.93. The summed E-state index contributed by atoms with van der Waals surface area (Å²) in [6.45, 7) is 6.05. The summed E-state index contributed by atoms with van der Waals surface area (Å²) in [6.07, 6.45) is 16.0. The molecule has 0 radical (unpaired) electrons. The Labute approximate surface area is 143 Å². The summed E-state index contributed by atoms with van der Waals surface area (Å²) in [5.74, 6) is 0.488. The van der Waals surface area contributed by atoms with Crippen LogP contribution in [0.25, 0.3) is 0 Å². The minimum absolute atomic E-state index is 0.217. The van der Waals surface area contributed by atoms with Crippen molar-refractivity contribution in [3.63, 3.8) is 0 Å². The van der Waals surface area contributed by atoms with Gasteiger partial charge in [0.15, 0.2) is 0 Å². The third-order valence-electron chi connectivity index (χ3n) is 4.96. The summed E-state index contributed by atoms with van der Waals surface area (Å²) < 4.78 is 5.61. The van der Waals surface area contributed by atoms with Crippen LogP contribution >= 0.6 is 0 Å². The SMILES string of the molecule is CCCCCCCC(CCCCCC)C(=O)NCC1CCCO1. The van der Waals surface area contributed by atoms with Crippen molar-refractivity contribution in [1.82, 2.24) is 5.32 Å². The second-order valence-corrected chi connectivity index (χ2v) is 7.13. The molecule has 1 aliphatic rings. The molecule has 3 heteroatoms. The Morgan fingerprint density at radius 1 is 1.00 bits per heavy atom. The van der Waals surface area contributed by atoms with Crippen LogP contribution in [0.15, 0.2) is 0 Å². The van der Waals surface area contributed by atoms with Crippen LogP contribution in [0.1, 0.15) is 97.3 Å². The molecule has 1 amide bonds. The first kappa shape index (κ1) is 20.5. The number of hydrogen-bond donors (Lipinski definition) is 1. The van der Waals surface area contributed by atoms with E-state index in [0.29, 0.717) is 6.54 Å². The molecule has 136 valence electrons. The first-order chi connectivity index (χ1) is 11.3. The zero-order valence-corrected chi connectivity index (χ0v) is 15.6. The van der Waals surface area contributed by atoms with Crippen molar-refractivity contribution < 1.29 is 9.53 Å². The smallest absolute Gasteiger partial charge is 0.223 e. The van der Waals surface area contributed by atoms with Crippen LogP contribution in [0.4, 0.5) is 0 Å². The Bertz CT molecular complexity index is 287. The summed E-state index contributed by atoms with van der Waals surface area (Å²) in [4.78, 5) is 12.5. The standard InChI is InChI=1S/C20H39NO2/c1-3-5-7-9-11-14-18(13-10-8-6-4-2)20(22)21-17-19-15-12-16-23-19/h18-19H,3-17H2,1-2H3,(H,21,22).